The number of aromatic nitrogens is 2. The van der Waals surface area contributed by atoms with E-state index < -0.39 is 0 Å². The van der Waals surface area contributed by atoms with Gasteiger partial charge in [-0.1, -0.05) is 6.07 Å². The van der Waals surface area contributed by atoms with Gasteiger partial charge in [-0.05, 0) is 30.4 Å². The molecule has 1 N–H and O–H groups in total. The van der Waals surface area contributed by atoms with Crippen LogP contribution in [0.3, 0.4) is 0 Å². The molecule has 1 atom stereocenters. The zero-order valence-corrected chi connectivity index (χ0v) is 14.4. The van der Waals surface area contributed by atoms with Crippen LogP contribution in [0.15, 0.2) is 23.6 Å². The van der Waals surface area contributed by atoms with Gasteiger partial charge in [0, 0.05) is 26.1 Å². The van der Waals surface area contributed by atoms with Crippen molar-refractivity contribution >= 4 is 23.2 Å². The van der Waals surface area contributed by atoms with Gasteiger partial charge < -0.3 is 9.80 Å². The number of thiophene rings is 1. The Morgan fingerprint density at radius 2 is 2.33 bits per heavy atom. The SMILES string of the molecule is CN(Cc1cc(-c2cccs2)n[nH]1)C(=O)[C@@H]1CC(=O)N(C2CC2)C1. The lowest BCUT2D eigenvalue weighted by Gasteiger charge is -2.20. The fourth-order valence-corrected chi connectivity index (χ4v) is 3.96. The number of aromatic amines is 1. The van der Waals surface area contributed by atoms with Gasteiger partial charge in [-0.2, -0.15) is 5.10 Å². The lowest BCUT2D eigenvalue weighted by molar-refractivity contribution is -0.135. The second-order valence-corrected chi connectivity index (χ2v) is 7.58. The van der Waals surface area contributed by atoms with E-state index >= 15 is 0 Å². The third-order valence-electron chi connectivity index (χ3n) is 4.68. The molecule has 1 aliphatic heterocycles. The molecule has 2 aromatic heterocycles. The highest BCUT2D eigenvalue weighted by molar-refractivity contribution is 7.13. The van der Waals surface area contributed by atoms with Crippen LogP contribution in [0.2, 0.25) is 0 Å². The van der Waals surface area contributed by atoms with Gasteiger partial charge in [0.25, 0.3) is 0 Å². The summed E-state index contributed by atoms with van der Waals surface area (Å²) in [6, 6.07) is 6.39. The van der Waals surface area contributed by atoms with Crippen molar-refractivity contribution < 1.29 is 9.59 Å². The number of hydrogen-bond acceptors (Lipinski definition) is 4. The number of hydrogen-bond donors (Lipinski definition) is 1. The topological polar surface area (TPSA) is 69.3 Å². The number of rotatable bonds is 5. The molecule has 7 heteroatoms. The Labute approximate surface area is 144 Å². The maximum Gasteiger partial charge on any atom is 0.228 e. The number of carbonyl (C=O) groups excluding carboxylic acids is 2. The monoisotopic (exact) mass is 344 g/mol. The Morgan fingerprint density at radius 3 is 3.04 bits per heavy atom. The minimum atomic E-state index is -0.206. The van der Waals surface area contributed by atoms with Crippen LogP contribution in [0.4, 0.5) is 0 Å². The Balaban J connectivity index is 1.38. The summed E-state index contributed by atoms with van der Waals surface area (Å²) in [5.41, 5.74) is 1.80. The summed E-state index contributed by atoms with van der Waals surface area (Å²) in [7, 11) is 1.79. The first kappa shape index (κ1) is 15.4. The number of nitrogens with one attached hydrogen (secondary N) is 1. The molecule has 0 spiro atoms. The van der Waals surface area contributed by atoms with Crippen molar-refractivity contribution in [1.82, 2.24) is 20.0 Å². The fourth-order valence-electron chi connectivity index (χ4n) is 3.27. The molecule has 2 fully saturated rings. The summed E-state index contributed by atoms with van der Waals surface area (Å²) in [4.78, 5) is 29.3. The molecular formula is C17H20N4O2S. The van der Waals surface area contributed by atoms with Crippen LogP contribution in [0.1, 0.15) is 25.0 Å². The minimum Gasteiger partial charge on any atom is -0.340 e. The van der Waals surface area contributed by atoms with Crippen LogP contribution in [-0.2, 0) is 16.1 Å². The molecule has 2 amide bonds. The first-order chi connectivity index (χ1) is 11.6. The maximum absolute atomic E-state index is 12.6. The van der Waals surface area contributed by atoms with Crippen molar-refractivity contribution in [3.63, 3.8) is 0 Å². The van der Waals surface area contributed by atoms with Gasteiger partial charge in [0.05, 0.1) is 23.0 Å². The predicted molar refractivity (Wildman–Crippen MR) is 91.2 cm³/mol. The van der Waals surface area contributed by atoms with Gasteiger partial charge in [-0.15, -0.1) is 11.3 Å². The van der Waals surface area contributed by atoms with E-state index in [1.54, 1.807) is 23.3 Å². The molecule has 0 unspecified atom stereocenters. The van der Waals surface area contributed by atoms with Crippen LogP contribution in [0.5, 0.6) is 0 Å². The fraction of sp³-hybridized carbons (Fsp3) is 0.471. The standard InChI is InChI=1S/C17H20N4O2S/c1-20(10-12-8-14(19-18-12)15-3-2-6-24-15)17(23)11-7-16(22)21(9-11)13-4-5-13/h2-3,6,8,11,13H,4-5,7,9-10H2,1H3,(H,18,19)/t11-/m1/s1. The smallest absolute Gasteiger partial charge is 0.228 e. The van der Waals surface area contributed by atoms with E-state index in [4.69, 9.17) is 0 Å². The molecule has 2 aromatic rings. The maximum atomic E-state index is 12.6. The van der Waals surface area contributed by atoms with Gasteiger partial charge in [0.2, 0.25) is 11.8 Å². The third kappa shape index (κ3) is 2.96. The zero-order valence-electron chi connectivity index (χ0n) is 13.6. The van der Waals surface area contributed by atoms with Crippen LogP contribution < -0.4 is 0 Å². The lowest BCUT2D eigenvalue weighted by Crippen LogP contribution is -2.34. The number of H-pyrrole nitrogens is 1. The van der Waals surface area contributed by atoms with Gasteiger partial charge in [0.15, 0.2) is 0 Å². The van der Waals surface area contributed by atoms with E-state index in [0.717, 1.165) is 29.1 Å². The summed E-state index contributed by atoms with van der Waals surface area (Å²) >= 11 is 1.64. The van der Waals surface area contributed by atoms with Gasteiger partial charge >= 0.3 is 0 Å². The highest BCUT2D eigenvalue weighted by Crippen LogP contribution is 2.33. The molecule has 0 radical (unpaired) electrons. The first-order valence-corrected chi connectivity index (χ1v) is 9.12. The Bertz CT molecular complexity index is 750. The van der Waals surface area contributed by atoms with Gasteiger partial charge in [-0.25, -0.2) is 0 Å². The molecule has 24 heavy (non-hydrogen) atoms. The molecule has 1 aliphatic carbocycles. The van der Waals surface area contributed by atoms with E-state index in [1.807, 2.05) is 28.5 Å². The molecule has 0 bridgehead atoms. The van der Waals surface area contributed by atoms with Crippen molar-refractivity contribution in [3.8, 4) is 10.6 Å². The van der Waals surface area contributed by atoms with E-state index in [2.05, 4.69) is 10.2 Å². The van der Waals surface area contributed by atoms with Crippen LogP contribution >= 0.6 is 11.3 Å². The average molecular weight is 344 g/mol. The molecule has 3 heterocycles. The first-order valence-electron chi connectivity index (χ1n) is 8.24. The molecule has 4 rings (SSSR count). The Hall–Kier alpha value is -2.15. The Morgan fingerprint density at radius 1 is 1.50 bits per heavy atom. The largest absolute Gasteiger partial charge is 0.340 e. The molecule has 2 aliphatic rings. The lowest BCUT2D eigenvalue weighted by atomic mass is 10.1. The molecular weight excluding hydrogens is 324 g/mol. The quantitative estimate of drug-likeness (QED) is 0.903. The van der Waals surface area contributed by atoms with Crippen molar-refractivity contribution in [1.29, 1.82) is 0 Å². The normalized spacial score (nSPS) is 20.6. The molecule has 6 nitrogen and oxygen atoms in total. The molecule has 1 saturated heterocycles. The van der Waals surface area contributed by atoms with Crippen molar-refractivity contribution in [2.75, 3.05) is 13.6 Å². The number of amides is 2. The second kappa shape index (κ2) is 6.05. The minimum absolute atomic E-state index is 0.0405. The summed E-state index contributed by atoms with van der Waals surface area (Å²) in [6.45, 7) is 1.06. The van der Waals surface area contributed by atoms with Crippen LogP contribution in [0, 0.1) is 5.92 Å². The van der Waals surface area contributed by atoms with E-state index in [-0.39, 0.29) is 17.7 Å². The van der Waals surface area contributed by atoms with Crippen molar-refractivity contribution in [2.24, 2.45) is 5.92 Å². The van der Waals surface area contributed by atoms with E-state index in [9.17, 15) is 9.59 Å². The van der Waals surface area contributed by atoms with Crippen LogP contribution in [-0.4, -0.2) is 51.4 Å². The summed E-state index contributed by atoms with van der Waals surface area (Å²) < 4.78 is 0. The van der Waals surface area contributed by atoms with Gasteiger partial charge in [-0.3, -0.25) is 14.7 Å². The Kier molecular flexibility index (Phi) is 3.88. The number of likely N-dealkylation sites (tertiary alicyclic amines) is 1. The molecule has 1 saturated carbocycles. The molecule has 0 aromatic carbocycles. The predicted octanol–water partition coefficient (Wildman–Crippen LogP) is 2.11. The number of carbonyl (C=O) groups is 2. The van der Waals surface area contributed by atoms with E-state index in [0.29, 0.717) is 25.6 Å². The van der Waals surface area contributed by atoms with Crippen LogP contribution in [0.25, 0.3) is 10.6 Å². The summed E-state index contributed by atoms with van der Waals surface area (Å²) in [5, 5.41) is 9.33. The molecule has 126 valence electrons. The second-order valence-electron chi connectivity index (χ2n) is 6.63. The third-order valence-corrected chi connectivity index (χ3v) is 5.58. The number of nitrogens with zero attached hydrogens (tertiary/aromatic N) is 3. The summed E-state index contributed by atoms with van der Waals surface area (Å²) in [6.07, 6.45) is 2.52. The summed E-state index contributed by atoms with van der Waals surface area (Å²) in [5.74, 6) is -0.0349. The van der Waals surface area contributed by atoms with E-state index in [1.165, 1.54) is 0 Å². The highest BCUT2D eigenvalue weighted by Gasteiger charge is 2.42. The van der Waals surface area contributed by atoms with Crippen molar-refractivity contribution in [2.45, 2.75) is 31.8 Å². The highest BCUT2D eigenvalue weighted by atomic mass is 32.1. The van der Waals surface area contributed by atoms with Crippen molar-refractivity contribution in [3.05, 3.63) is 29.3 Å². The van der Waals surface area contributed by atoms with Gasteiger partial charge in [0.1, 0.15) is 5.69 Å². The zero-order chi connectivity index (χ0) is 16.7. The average Bonchev–Trinajstić information content (AvgIpc) is 2.98.